The first-order valence-corrected chi connectivity index (χ1v) is 8.51. The molecule has 4 aromatic rings. The van der Waals surface area contributed by atoms with Gasteiger partial charge in [0.25, 0.3) is 5.91 Å². The Morgan fingerprint density at radius 1 is 1.00 bits per heavy atom. The number of aromatic hydroxyl groups is 1. The standard InChI is InChI=1S/C22H14N4O2/c23-13-14-3-5-15(6-4-14)17-7-9-18(19(27)12-17)22(28)26-20-10-8-16-2-1-11-24-21(16)25-20/h1-12,27H,(H,24,25,26,28). The van der Waals surface area contributed by atoms with E-state index in [9.17, 15) is 9.90 Å². The van der Waals surface area contributed by atoms with Gasteiger partial charge in [-0.15, -0.1) is 0 Å². The molecule has 6 heteroatoms. The predicted molar refractivity (Wildman–Crippen MR) is 106 cm³/mol. The van der Waals surface area contributed by atoms with Crippen LogP contribution in [0.2, 0.25) is 0 Å². The van der Waals surface area contributed by atoms with E-state index in [0.29, 0.717) is 17.0 Å². The predicted octanol–water partition coefficient (Wildman–Crippen LogP) is 4.13. The molecule has 0 aliphatic rings. The number of phenolic OH excluding ortho intramolecular Hbond substituents is 1. The van der Waals surface area contributed by atoms with Crippen molar-refractivity contribution in [2.75, 3.05) is 5.32 Å². The van der Waals surface area contributed by atoms with E-state index < -0.39 is 5.91 Å². The van der Waals surface area contributed by atoms with Gasteiger partial charge in [0.05, 0.1) is 17.2 Å². The van der Waals surface area contributed by atoms with Gasteiger partial charge in [0.1, 0.15) is 11.6 Å². The van der Waals surface area contributed by atoms with Gasteiger partial charge in [0, 0.05) is 11.6 Å². The minimum absolute atomic E-state index is 0.139. The van der Waals surface area contributed by atoms with Crippen LogP contribution in [0.15, 0.2) is 72.9 Å². The SMILES string of the molecule is N#Cc1ccc(-c2ccc(C(=O)Nc3ccc4cccnc4n3)c(O)c2)cc1. The average Bonchev–Trinajstić information content (AvgIpc) is 2.73. The number of nitriles is 1. The van der Waals surface area contributed by atoms with Crippen LogP contribution in [0.4, 0.5) is 5.82 Å². The van der Waals surface area contributed by atoms with Crippen molar-refractivity contribution in [1.82, 2.24) is 9.97 Å². The van der Waals surface area contributed by atoms with Crippen LogP contribution in [-0.4, -0.2) is 21.0 Å². The highest BCUT2D eigenvalue weighted by atomic mass is 16.3. The maximum Gasteiger partial charge on any atom is 0.260 e. The first-order valence-electron chi connectivity index (χ1n) is 8.51. The van der Waals surface area contributed by atoms with Crippen molar-refractivity contribution in [3.8, 4) is 22.9 Å². The normalized spacial score (nSPS) is 10.4. The Morgan fingerprint density at radius 3 is 2.54 bits per heavy atom. The van der Waals surface area contributed by atoms with Crippen LogP contribution >= 0.6 is 0 Å². The third kappa shape index (κ3) is 3.37. The largest absolute Gasteiger partial charge is 0.507 e. The molecule has 2 aromatic heterocycles. The van der Waals surface area contributed by atoms with Crippen LogP contribution in [0.5, 0.6) is 5.75 Å². The van der Waals surface area contributed by atoms with Crippen LogP contribution in [-0.2, 0) is 0 Å². The second kappa shape index (κ2) is 7.17. The molecule has 0 bridgehead atoms. The summed E-state index contributed by atoms with van der Waals surface area (Å²) >= 11 is 0. The van der Waals surface area contributed by atoms with Crippen molar-refractivity contribution in [1.29, 1.82) is 5.26 Å². The molecule has 0 aliphatic heterocycles. The molecule has 0 saturated carbocycles. The highest BCUT2D eigenvalue weighted by Crippen LogP contribution is 2.27. The summed E-state index contributed by atoms with van der Waals surface area (Å²) in [6, 6.07) is 21.1. The quantitative estimate of drug-likeness (QED) is 0.568. The van der Waals surface area contributed by atoms with Crippen LogP contribution in [0, 0.1) is 11.3 Å². The summed E-state index contributed by atoms with van der Waals surface area (Å²) < 4.78 is 0. The smallest absolute Gasteiger partial charge is 0.260 e. The van der Waals surface area contributed by atoms with E-state index in [4.69, 9.17) is 5.26 Å². The topological polar surface area (TPSA) is 98.9 Å². The highest BCUT2D eigenvalue weighted by Gasteiger charge is 2.13. The van der Waals surface area contributed by atoms with Crippen molar-refractivity contribution in [2.24, 2.45) is 0 Å². The molecule has 1 amide bonds. The van der Waals surface area contributed by atoms with Gasteiger partial charge in [-0.2, -0.15) is 5.26 Å². The van der Waals surface area contributed by atoms with Gasteiger partial charge in [0.15, 0.2) is 5.65 Å². The number of aromatic nitrogens is 2. The lowest BCUT2D eigenvalue weighted by atomic mass is 10.0. The maximum absolute atomic E-state index is 12.5. The van der Waals surface area contributed by atoms with Crippen molar-refractivity contribution in [3.05, 3.63) is 84.1 Å². The van der Waals surface area contributed by atoms with Crippen LogP contribution in [0.3, 0.4) is 0 Å². The van der Waals surface area contributed by atoms with Crippen LogP contribution in [0.25, 0.3) is 22.2 Å². The van der Waals surface area contributed by atoms with E-state index in [1.54, 1.807) is 48.7 Å². The molecule has 0 radical (unpaired) electrons. The lowest BCUT2D eigenvalue weighted by Gasteiger charge is -2.09. The summed E-state index contributed by atoms with van der Waals surface area (Å²) in [6.07, 6.45) is 1.63. The number of hydrogen-bond acceptors (Lipinski definition) is 5. The zero-order valence-electron chi connectivity index (χ0n) is 14.6. The maximum atomic E-state index is 12.5. The summed E-state index contributed by atoms with van der Waals surface area (Å²) in [5.74, 6) is -0.253. The van der Waals surface area contributed by atoms with Crippen molar-refractivity contribution in [2.45, 2.75) is 0 Å². The Hall–Kier alpha value is -4.24. The number of phenols is 1. The third-order valence-corrected chi connectivity index (χ3v) is 4.30. The molecule has 2 heterocycles. The van der Waals surface area contributed by atoms with Gasteiger partial charge in [-0.05, 0) is 59.7 Å². The molecular weight excluding hydrogens is 352 g/mol. The molecule has 0 aliphatic carbocycles. The molecule has 6 nitrogen and oxygen atoms in total. The second-order valence-electron chi connectivity index (χ2n) is 6.12. The monoisotopic (exact) mass is 366 g/mol. The number of nitrogens with one attached hydrogen (secondary N) is 1. The fraction of sp³-hybridized carbons (Fsp3) is 0. The van der Waals surface area contributed by atoms with Gasteiger partial charge in [-0.1, -0.05) is 18.2 Å². The highest BCUT2D eigenvalue weighted by molar-refractivity contribution is 6.06. The number of fused-ring (bicyclic) bond motifs is 1. The van der Waals surface area contributed by atoms with Gasteiger partial charge >= 0.3 is 0 Å². The van der Waals surface area contributed by atoms with Gasteiger partial charge in [-0.25, -0.2) is 9.97 Å². The van der Waals surface area contributed by atoms with E-state index >= 15 is 0 Å². The number of carbonyl (C=O) groups excluding carboxylic acids is 1. The Balaban J connectivity index is 1.57. The van der Waals surface area contributed by atoms with E-state index in [-0.39, 0.29) is 11.3 Å². The molecule has 134 valence electrons. The van der Waals surface area contributed by atoms with Gasteiger partial charge in [0.2, 0.25) is 0 Å². The molecule has 28 heavy (non-hydrogen) atoms. The minimum Gasteiger partial charge on any atom is -0.507 e. The lowest BCUT2D eigenvalue weighted by Crippen LogP contribution is -2.13. The first-order chi connectivity index (χ1) is 13.6. The summed E-state index contributed by atoms with van der Waals surface area (Å²) in [7, 11) is 0. The van der Waals surface area contributed by atoms with Gasteiger partial charge in [-0.3, -0.25) is 4.79 Å². The van der Waals surface area contributed by atoms with E-state index in [2.05, 4.69) is 21.4 Å². The fourth-order valence-electron chi connectivity index (χ4n) is 2.85. The number of benzene rings is 2. The second-order valence-corrected chi connectivity index (χ2v) is 6.12. The van der Waals surface area contributed by atoms with E-state index in [1.807, 2.05) is 18.2 Å². The molecule has 2 N–H and O–H groups in total. The fourth-order valence-corrected chi connectivity index (χ4v) is 2.85. The number of pyridine rings is 2. The summed E-state index contributed by atoms with van der Waals surface area (Å²) in [5, 5.41) is 22.8. The first kappa shape index (κ1) is 17.2. The van der Waals surface area contributed by atoms with Crippen molar-refractivity contribution in [3.63, 3.8) is 0 Å². The molecule has 0 saturated heterocycles. The lowest BCUT2D eigenvalue weighted by molar-refractivity contribution is 0.102. The molecule has 2 aromatic carbocycles. The number of amides is 1. The summed E-state index contributed by atoms with van der Waals surface area (Å²) in [4.78, 5) is 21.0. The number of anilines is 1. The molecule has 0 spiro atoms. The van der Waals surface area contributed by atoms with E-state index in [1.165, 1.54) is 6.07 Å². The Bertz CT molecular complexity index is 1230. The molecule has 0 fully saturated rings. The Kier molecular flexibility index (Phi) is 4.40. The molecule has 0 unspecified atom stereocenters. The Labute approximate surface area is 160 Å². The van der Waals surface area contributed by atoms with Crippen molar-refractivity contribution >= 4 is 22.8 Å². The zero-order chi connectivity index (χ0) is 19.5. The number of rotatable bonds is 3. The number of nitrogens with zero attached hydrogens (tertiary/aromatic N) is 3. The molecular formula is C22H14N4O2. The van der Waals surface area contributed by atoms with Gasteiger partial charge < -0.3 is 10.4 Å². The minimum atomic E-state index is -0.466. The van der Waals surface area contributed by atoms with E-state index in [0.717, 1.165) is 16.5 Å². The summed E-state index contributed by atoms with van der Waals surface area (Å²) in [5.41, 5.74) is 2.80. The number of carbonyl (C=O) groups is 1. The average molecular weight is 366 g/mol. The summed E-state index contributed by atoms with van der Waals surface area (Å²) in [6.45, 7) is 0. The van der Waals surface area contributed by atoms with Crippen LogP contribution < -0.4 is 5.32 Å². The van der Waals surface area contributed by atoms with Crippen molar-refractivity contribution < 1.29 is 9.90 Å². The third-order valence-electron chi connectivity index (χ3n) is 4.30. The Morgan fingerprint density at radius 2 is 1.79 bits per heavy atom. The van der Waals surface area contributed by atoms with Crippen LogP contribution in [0.1, 0.15) is 15.9 Å². The zero-order valence-corrected chi connectivity index (χ0v) is 14.6. The molecule has 4 rings (SSSR count). The molecule has 0 atom stereocenters. The number of hydrogen-bond donors (Lipinski definition) is 2.